The highest BCUT2D eigenvalue weighted by Crippen LogP contribution is 2.46. The van der Waals surface area contributed by atoms with E-state index in [1.807, 2.05) is 0 Å². The minimum Gasteiger partial charge on any atom is -0.0654 e. The maximum Gasteiger partial charge on any atom is -0.0297 e. The van der Waals surface area contributed by atoms with Crippen molar-refractivity contribution >= 4 is 0 Å². The van der Waals surface area contributed by atoms with Gasteiger partial charge in [-0.25, -0.2) is 0 Å². The van der Waals surface area contributed by atoms with Crippen molar-refractivity contribution in [1.29, 1.82) is 0 Å². The molecule has 0 heteroatoms. The smallest absolute Gasteiger partial charge is 0.0297 e. The Labute approximate surface area is 160 Å². The van der Waals surface area contributed by atoms with Gasteiger partial charge in [-0.1, -0.05) is 129 Å². The summed E-state index contributed by atoms with van der Waals surface area (Å²) in [5.74, 6) is 0. The first-order valence-electron chi connectivity index (χ1n) is 12.3. The van der Waals surface area contributed by atoms with E-state index in [-0.39, 0.29) is 0 Å². The van der Waals surface area contributed by atoms with Crippen LogP contribution in [0.25, 0.3) is 0 Å². The highest BCUT2D eigenvalue weighted by Gasteiger charge is 2.32. The first kappa shape index (κ1) is 23.0. The standard InChI is InChI=1S/C25H50/c1-3-5-7-9-11-12-13-14-16-18-22-25(23-19-20-24-25)21-17-15-10-8-6-4-2/h3-24H2,1-2H3. The Balaban J connectivity index is 1.99. The van der Waals surface area contributed by atoms with Gasteiger partial charge in [0.25, 0.3) is 0 Å². The molecule has 1 aliphatic carbocycles. The van der Waals surface area contributed by atoms with Crippen molar-refractivity contribution in [1.82, 2.24) is 0 Å². The Kier molecular flexibility index (Phi) is 14.9. The van der Waals surface area contributed by atoms with Crippen molar-refractivity contribution in [3.05, 3.63) is 0 Å². The van der Waals surface area contributed by atoms with Gasteiger partial charge >= 0.3 is 0 Å². The molecule has 0 unspecified atom stereocenters. The highest BCUT2D eigenvalue weighted by atomic mass is 14.4. The molecule has 0 aromatic rings. The van der Waals surface area contributed by atoms with Gasteiger partial charge in [-0.2, -0.15) is 0 Å². The molecule has 0 heterocycles. The second-order valence-electron chi connectivity index (χ2n) is 9.16. The van der Waals surface area contributed by atoms with Crippen LogP contribution in [-0.2, 0) is 0 Å². The predicted molar refractivity (Wildman–Crippen MR) is 115 cm³/mol. The van der Waals surface area contributed by atoms with E-state index >= 15 is 0 Å². The summed E-state index contributed by atoms with van der Waals surface area (Å²) >= 11 is 0. The summed E-state index contributed by atoms with van der Waals surface area (Å²) in [6, 6.07) is 0. The minimum absolute atomic E-state index is 0.783. The zero-order chi connectivity index (χ0) is 18.1. The fourth-order valence-electron chi connectivity index (χ4n) is 5.02. The van der Waals surface area contributed by atoms with Crippen LogP contribution in [0.3, 0.4) is 0 Å². The van der Waals surface area contributed by atoms with Crippen LogP contribution in [-0.4, -0.2) is 0 Å². The summed E-state index contributed by atoms with van der Waals surface area (Å²) in [4.78, 5) is 0. The molecule has 0 N–H and O–H groups in total. The monoisotopic (exact) mass is 350 g/mol. The molecule has 1 rings (SSSR count). The van der Waals surface area contributed by atoms with Gasteiger partial charge < -0.3 is 0 Å². The fourth-order valence-corrected chi connectivity index (χ4v) is 5.02. The summed E-state index contributed by atoms with van der Waals surface area (Å²) in [5.41, 5.74) is 0.783. The first-order valence-corrected chi connectivity index (χ1v) is 12.3. The summed E-state index contributed by atoms with van der Waals surface area (Å²) in [7, 11) is 0. The van der Waals surface area contributed by atoms with Crippen molar-refractivity contribution in [3.63, 3.8) is 0 Å². The van der Waals surface area contributed by atoms with Crippen LogP contribution in [0.2, 0.25) is 0 Å². The highest BCUT2D eigenvalue weighted by molar-refractivity contribution is 4.84. The molecule has 0 bridgehead atoms. The van der Waals surface area contributed by atoms with Gasteiger partial charge in [0.2, 0.25) is 0 Å². The third-order valence-corrected chi connectivity index (χ3v) is 6.79. The van der Waals surface area contributed by atoms with E-state index in [9.17, 15) is 0 Å². The molecule has 0 aromatic heterocycles. The van der Waals surface area contributed by atoms with E-state index in [4.69, 9.17) is 0 Å². The Morgan fingerprint density at radius 2 is 0.760 bits per heavy atom. The Morgan fingerprint density at radius 3 is 1.12 bits per heavy atom. The van der Waals surface area contributed by atoms with Crippen molar-refractivity contribution in [3.8, 4) is 0 Å². The van der Waals surface area contributed by atoms with E-state index in [0.29, 0.717) is 0 Å². The van der Waals surface area contributed by atoms with Crippen LogP contribution in [0.1, 0.15) is 155 Å². The molecule has 0 aromatic carbocycles. The molecule has 1 fully saturated rings. The molecule has 150 valence electrons. The Morgan fingerprint density at radius 1 is 0.440 bits per heavy atom. The van der Waals surface area contributed by atoms with E-state index in [0.717, 1.165) is 5.41 Å². The van der Waals surface area contributed by atoms with E-state index in [1.165, 1.54) is 116 Å². The van der Waals surface area contributed by atoms with Gasteiger partial charge in [0.1, 0.15) is 0 Å². The lowest BCUT2D eigenvalue weighted by Crippen LogP contribution is -2.16. The van der Waals surface area contributed by atoms with E-state index < -0.39 is 0 Å². The van der Waals surface area contributed by atoms with Crippen LogP contribution >= 0.6 is 0 Å². The summed E-state index contributed by atoms with van der Waals surface area (Å²) in [6.45, 7) is 4.63. The third-order valence-electron chi connectivity index (χ3n) is 6.79. The second-order valence-corrected chi connectivity index (χ2v) is 9.16. The van der Waals surface area contributed by atoms with Gasteiger partial charge in [-0.15, -0.1) is 0 Å². The zero-order valence-electron chi connectivity index (χ0n) is 18.1. The molecule has 0 nitrogen and oxygen atoms in total. The second kappa shape index (κ2) is 16.2. The fraction of sp³-hybridized carbons (Fsp3) is 1.00. The Bertz CT molecular complexity index is 261. The average Bonchev–Trinajstić information content (AvgIpc) is 3.09. The van der Waals surface area contributed by atoms with Crippen molar-refractivity contribution in [2.75, 3.05) is 0 Å². The molecule has 1 aliphatic rings. The van der Waals surface area contributed by atoms with Crippen molar-refractivity contribution in [2.24, 2.45) is 5.41 Å². The molecule has 0 aliphatic heterocycles. The van der Waals surface area contributed by atoms with Crippen molar-refractivity contribution < 1.29 is 0 Å². The molecule has 0 saturated heterocycles. The number of hydrogen-bond donors (Lipinski definition) is 0. The summed E-state index contributed by atoms with van der Waals surface area (Å²) < 4.78 is 0. The predicted octanol–water partition coefficient (Wildman–Crippen LogP) is 9.61. The van der Waals surface area contributed by atoms with Gasteiger partial charge in [0.05, 0.1) is 0 Å². The van der Waals surface area contributed by atoms with Crippen LogP contribution in [0.15, 0.2) is 0 Å². The maximum absolute atomic E-state index is 2.32. The van der Waals surface area contributed by atoms with Gasteiger partial charge in [-0.05, 0) is 31.1 Å². The lowest BCUT2D eigenvalue weighted by molar-refractivity contribution is 0.229. The zero-order valence-corrected chi connectivity index (χ0v) is 18.1. The quantitative estimate of drug-likeness (QED) is 0.216. The number of rotatable bonds is 18. The molecule has 0 spiro atoms. The van der Waals surface area contributed by atoms with Crippen LogP contribution in [0.4, 0.5) is 0 Å². The Hall–Kier alpha value is 0. The first-order chi connectivity index (χ1) is 12.3. The maximum atomic E-state index is 2.32. The van der Waals surface area contributed by atoms with Gasteiger partial charge in [0.15, 0.2) is 0 Å². The average molecular weight is 351 g/mol. The van der Waals surface area contributed by atoms with Gasteiger partial charge in [-0.3, -0.25) is 0 Å². The SMILES string of the molecule is CCCCCCCCCCCCC1(CCCCCCCC)CCCC1. The van der Waals surface area contributed by atoms with Crippen molar-refractivity contribution in [2.45, 2.75) is 155 Å². The molecule has 1 saturated carbocycles. The molecule has 0 radical (unpaired) electrons. The van der Waals surface area contributed by atoms with E-state index in [2.05, 4.69) is 13.8 Å². The summed E-state index contributed by atoms with van der Waals surface area (Å²) in [5, 5.41) is 0. The molecular weight excluding hydrogens is 300 g/mol. The van der Waals surface area contributed by atoms with Crippen LogP contribution < -0.4 is 0 Å². The third kappa shape index (κ3) is 12.1. The molecule has 0 atom stereocenters. The number of unbranched alkanes of at least 4 members (excludes halogenated alkanes) is 14. The summed E-state index contributed by atoms with van der Waals surface area (Å²) in [6.07, 6.45) is 32.8. The van der Waals surface area contributed by atoms with E-state index in [1.54, 1.807) is 25.7 Å². The molecule has 0 amide bonds. The number of hydrogen-bond acceptors (Lipinski definition) is 0. The normalized spacial score (nSPS) is 16.6. The van der Waals surface area contributed by atoms with Crippen LogP contribution in [0, 0.1) is 5.41 Å². The lowest BCUT2D eigenvalue weighted by atomic mass is 9.76. The molecule has 25 heavy (non-hydrogen) atoms. The lowest BCUT2D eigenvalue weighted by Gasteiger charge is -2.29. The molecular formula is C25H50. The minimum atomic E-state index is 0.783. The largest absolute Gasteiger partial charge is 0.0654 e. The van der Waals surface area contributed by atoms with Crippen LogP contribution in [0.5, 0.6) is 0 Å². The van der Waals surface area contributed by atoms with Gasteiger partial charge in [0, 0.05) is 0 Å². The topological polar surface area (TPSA) is 0 Å².